The number of nitrogens with zero attached hydrogens (tertiary/aromatic N) is 2. The molecular weight excluding hydrogens is 461 g/mol. The van der Waals surface area contributed by atoms with Gasteiger partial charge in [0.25, 0.3) is 5.91 Å². The largest absolute Gasteiger partial charge is 0.491 e. The average Bonchev–Trinajstić information content (AvgIpc) is 3.71. The zero-order valence-corrected chi connectivity index (χ0v) is 21.5. The first-order chi connectivity index (χ1) is 17.2. The van der Waals surface area contributed by atoms with E-state index < -0.39 is 0 Å². The van der Waals surface area contributed by atoms with E-state index in [9.17, 15) is 14.0 Å². The second-order valence-corrected chi connectivity index (χ2v) is 10.1. The van der Waals surface area contributed by atoms with Gasteiger partial charge < -0.3 is 19.7 Å². The van der Waals surface area contributed by atoms with E-state index in [1.807, 2.05) is 0 Å². The maximum atomic E-state index is 13.5. The summed E-state index contributed by atoms with van der Waals surface area (Å²) in [5, 5.41) is 2.92. The first kappa shape index (κ1) is 26.1. The Morgan fingerprint density at radius 3 is 2.53 bits per heavy atom. The maximum Gasteiger partial charge on any atom is 0.257 e. The van der Waals surface area contributed by atoms with Crippen LogP contribution < -0.4 is 10.1 Å². The van der Waals surface area contributed by atoms with Gasteiger partial charge in [-0.05, 0) is 61.6 Å². The SMILES string of the molecule is CO[C@H]1CN(C)C(=O)c2cc(NC(=O)C3CC3)ccc2OC[C@@H](C)N(Cc2ccc(F)cc2)C[C@H]1C. The van der Waals surface area contributed by atoms with Gasteiger partial charge in [-0.3, -0.25) is 14.5 Å². The molecule has 1 N–H and O–H groups in total. The molecule has 1 heterocycles. The summed E-state index contributed by atoms with van der Waals surface area (Å²) >= 11 is 0. The lowest BCUT2D eigenvalue weighted by molar-refractivity contribution is -0.117. The van der Waals surface area contributed by atoms with Gasteiger partial charge in [0.05, 0.1) is 11.7 Å². The number of ether oxygens (including phenoxy) is 2. The Labute approximate surface area is 212 Å². The Bertz CT molecular complexity index is 1070. The monoisotopic (exact) mass is 497 g/mol. The van der Waals surface area contributed by atoms with Crippen LogP contribution in [0.3, 0.4) is 0 Å². The van der Waals surface area contributed by atoms with Crippen LogP contribution in [-0.2, 0) is 16.1 Å². The molecule has 0 radical (unpaired) electrons. The third-order valence-corrected chi connectivity index (χ3v) is 7.09. The molecule has 2 aliphatic rings. The summed E-state index contributed by atoms with van der Waals surface area (Å²) in [5.74, 6) is 0.219. The summed E-state index contributed by atoms with van der Waals surface area (Å²) in [6.45, 7) is 6.34. The second-order valence-electron chi connectivity index (χ2n) is 10.1. The number of hydrogen-bond donors (Lipinski definition) is 1. The van der Waals surface area contributed by atoms with Crippen molar-refractivity contribution in [3.63, 3.8) is 0 Å². The predicted octanol–water partition coefficient (Wildman–Crippen LogP) is 4.18. The van der Waals surface area contributed by atoms with Crippen LogP contribution in [0.25, 0.3) is 0 Å². The molecule has 1 saturated carbocycles. The van der Waals surface area contributed by atoms with Crippen molar-refractivity contribution in [2.75, 3.05) is 39.2 Å². The molecule has 2 aromatic rings. The van der Waals surface area contributed by atoms with Crippen molar-refractivity contribution in [3.8, 4) is 5.75 Å². The standard InChI is InChI=1S/C28H36FN3O4/c1-18-14-32(15-20-5-9-22(29)10-6-20)19(2)17-36-25-12-11-23(30-27(33)21-7-8-21)13-24(25)28(34)31(3)16-26(18)35-4/h5-6,9-13,18-19,21,26H,7-8,14-17H2,1-4H3,(H,30,33)/t18-,19-,26+/m1/s1. The summed E-state index contributed by atoms with van der Waals surface area (Å²) in [6, 6.07) is 11.8. The molecule has 1 fully saturated rings. The predicted molar refractivity (Wildman–Crippen MR) is 136 cm³/mol. The number of rotatable bonds is 5. The number of carbonyl (C=O) groups is 2. The number of amides is 2. The number of halogens is 1. The molecule has 2 aromatic carbocycles. The number of anilines is 1. The minimum absolute atomic E-state index is 0.0110. The molecule has 0 saturated heterocycles. The van der Waals surface area contributed by atoms with E-state index in [-0.39, 0.29) is 41.6 Å². The molecule has 2 amide bonds. The first-order valence-corrected chi connectivity index (χ1v) is 12.6. The number of likely N-dealkylation sites (N-methyl/N-ethyl adjacent to an activating group) is 1. The number of fused-ring (bicyclic) bond motifs is 1. The van der Waals surface area contributed by atoms with Crippen LogP contribution in [-0.4, -0.2) is 67.6 Å². The number of carbonyl (C=O) groups excluding carboxylic acids is 2. The van der Waals surface area contributed by atoms with Gasteiger partial charge in [-0.15, -0.1) is 0 Å². The van der Waals surface area contributed by atoms with Gasteiger partial charge in [-0.2, -0.15) is 0 Å². The van der Waals surface area contributed by atoms with E-state index in [0.29, 0.717) is 36.7 Å². The van der Waals surface area contributed by atoms with Crippen LogP contribution in [0, 0.1) is 17.7 Å². The fourth-order valence-electron chi connectivity index (χ4n) is 4.56. The van der Waals surface area contributed by atoms with Gasteiger partial charge in [-0.25, -0.2) is 4.39 Å². The molecule has 4 rings (SSSR count). The summed E-state index contributed by atoms with van der Waals surface area (Å²) in [4.78, 5) is 29.7. The van der Waals surface area contributed by atoms with Gasteiger partial charge in [0.15, 0.2) is 0 Å². The molecule has 0 aromatic heterocycles. The van der Waals surface area contributed by atoms with Crippen molar-refractivity contribution < 1.29 is 23.5 Å². The van der Waals surface area contributed by atoms with Crippen molar-refractivity contribution in [2.24, 2.45) is 11.8 Å². The minimum atomic E-state index is -0.256. The molecule has 0 spiro atoms. The average molecular weight is 498 g/mol. The summed E-state index contributed by atoms with van der Waals surface area (Å²) < 4.78 is 25.5. The number of methoxy groups -OCH3 is 1. The Kier molecular flexibility index (Phi) is 8.26. The number of benzene rings is 2. The molecule has 1 aliphatic carbocycles. The van der Waals surface area contributed by atoms with Gasteiger partial charge in [0.2, 0.25) is 5.91 Å². The summed E-state index contributed by atoms with van der Waals surface area (Å²) in [6.07, 6.45) is 1.64. The number of hydrogen-bond acceptors (Lipinski definition) is 5. The van der Waals surface area contributed by atoms with Crippen molar-refractivity contribution in [1.82, 2.24) is 9.80 Å². The highest BCUT2D eigenvalue weighted by Gasteiger charge is 2.31. The normalized spacial score (nSPS) is 23.8. The zero-order valence-electron chi connectivity index (χ0n) is 21.5. The van der Waals surface area contributed by atoms with E-state index >= 15 is 0 Å². The third kappa shape index (κ3) is 6.42. The molecule has 0 bridgehead atoms. The zero-order chi connectivity index (χ0) is 25.8. The van der Waals surface area contributed by atoms with E-state index in [4.69, 9.17) is 9.47 Å². The Balaban J connectivity index is 1.61. The molecular formula is C28H36FN3O4. The van der Waals surface area contributed by atoms with E-state index in [2.05, 4.69) is 24.1 Å². The van der Waals surface area contributed by atoms with Crippen molar-refractivity contribution >= 4 is 17.5 Å². The summed E-state index contributed by atoms with van der Waals surface area (Å²) in [5.41, 5.74) is 2.01. The molecule has 8 heteroatoms. The molecule has 0 unspecified atom stereocenters. The third-order valence-electron chi connectivity index (χ3n) is 7.09. The Morgan fingerprint density at radius 1 is 1.14 bits per heavy atom. The van der Waals surface area contributed by atoms with Crippen molar-refractivity contribution in [3.05, 3.63) is 59.4 Å². The van der Waals surface area contributed by atoms with Crippen LogP contribution >= 0.6 is 0 Å². The molecule has 1 aliphatic heterocycles. The Morgan fingerprint density at radius 2 is 1.86 bits per heavy atom. The van der Waals surface area contributed by atoms with Crippen LogP contribution in [0.1, 0.15) is 42.6 Å². The molecule has 194 valence electrons. The van der Waals surface area contributed by atoms with E-state index in [1.165, 1.54) is 12.1 Å². The lowest BCUT2D eigenvalue weighted by atomic mass is 10.0. The lowest BCUT2D eigenvalue weighted by Crippen LogP contribution is -2.46. The number of nitrogens with one attached hydrogen (secondary N) is 1. The van der Waals surface area contributed by atoms with Crippen molar-refractivity contribution in [2.45, 2.75) is 45.4 Å². The van der Waals surface area contributed by atoms with E-state index in [0.717, 1.165) is 24.9 Å². The highest BCUT2D eigenvalue weighted by molar-refractivity contribution is 6.00. The van der Waals surface area contributed by atoms with Crippen LogP contribution in [0.5, 0.6) is 5.75 Å². The topological polar surface area (TPSA) is 71.1 Å². The van der Waals surface area contributed by atoms with E-state index in [1.54, 1.807) is 49.4 Å². The minimum Gasteiger partial charge on any atom is -0.491 e. The second kappa shape index (κ2) is 11.4. The highest BCUT2D eigenvalue weighted by Crippen LogP contribution is 2.31. The quantitative estimate of drug-likeness (QED) is 0.671. The fourth-order valence-corrected chi connectivity index (χ4v) is 4.56. The molecule has 3 atom stereocenters. The van der Waals surface area contributed by atoms with Crippen molar-refractivity contribution in [1.29, 1.82) is 0 Å². The fraction of sp³-hybridized carbons (Fsp3) is 0.500. The van der Waals surface area contributed by atoms with Crippen LogP contribution in [0.15, 0.2) is 42.5 Å². The van der Waals surface area contributed by atoms with Crippen LogP contribution in [0.2, 0.25) is 0 Å². The molecule has 36 heavy (non-hydrogen) atoms. The van der Waals surface area contributed by atoms with Crippen LogP contribution in [0.4, 0.5) is 10.1 Å². The Hall–Kier alpha value is -2.97. The van der Waals surface area contributed by atoms with Gasteiger partial charge >= 0.3 is 0 Å². The molecule has 7 nitrogen and oxygen atoms in total. The lowest BCUT2D eigenvalue weighted by Gasteiger charge is -2.36. The van der Waals surface area contributed by atoms with Gasteiger partial charge in [-0.1, -0.05) is 19.1 Å². The van der Waals surface area contributed by atoms with Gasteiger partial charge in [0.1, 0.15) is 18.2 Å². The van der Waals surface area contributed by atoms with Gasteiger partial charge in [0, 0.05) is 51.4 Å². The highest BCUT2D eigenvalue weighted by atomic mass is 19.1. The smallest absolute Gasteiger partial charge is 0.257 e. The first-order valence-electron chi connectivity index (χ1n) is 12.6. The summed E-state index contributed by atoms with van der Waals surface area (Å²) in [7, 11) is 3.42. The maximum absolute atomic E-state index is 13.5.